The van der Waals surface area contributed by atoms with Gasteiger partial charge in [0.2, 0.25) is 0 Å². The average Bonchev–Trinajstić information content (AvgIpc) is 2.61. The molecule has 1 amide bonds. The Balaban J connectivity index is 2.20. The number of rotatable bonds is 7. The number of benzene rings is 2. The maximum atomic E-state index is 12.9. The molecule has 1 N–H and O–H groups in total. The van der Waals surface area contributed by atoms with E-state index in [0.717, 1.165) is 22.6 Å². The Labute approximate surface area is 170 Å². The first-order valence-electron chi connectivity index (χ1n) is 10.3. The normalized spacial score (nSPS) is 12.5. The zero-order valence-electron chi connectivity index (χ0n) is 18.6. The topological polar surface area (TPSA) is 38.3 Å². The number of hydrogen-bond donors (Lipinski definition) is 1. The molecular weight excluding hydrogens is 346 g/mol. The molecule has 3 nitrogen and oxygen atoms in total. The van der Waals surface area contributed by atoms with Gasteiger partial charge < -0.3 is 10.1 Å². The molecule has 0 heterocycles. The molecule has 0 fully saturated rings. The molecule has 0 saturated heterocycles. The van der Waals surface area contributed by atoms with Crippen molar-refractivity contribution in [2.75, 3.05) is 5.32 Å². The molecule has 3 heteroatoms. The van der Waals surface area contributed by atoms with Crippen molar-refractivity contribution in [3.8, 4) is 5.75 Å². The van der Waals surface area contributed by atoms with Gasteiger partial charge in [0.25, 0.3) is 5.91 Å². The second-order valence-electron chi connectivity index (χ2n) is 8.54. The van der Waals surface area contributed by atoms with E-state index in [1.54, 1.807) is 6.92 Å². The fraction of sp³-hybridized carbons (Fsp3) is 0.480. The number of aryl methyl sites for hydroxylation is 1. The predicted molar refractivity (Wildman–Crippen MR) is 119 cm³/mol. The lowest BCUT2D eigenvalue weighted by atomic mass is 9.92. The molecule has 0 spiro atoms. The first-order valence-corrected chi connectivity index (χ1v) is 10.3. The van der Waals surface area contributed by atoms with E-state index in [-0.39, 0.29) is 5.91 Å². The smallest absolute Gasteiger partial charge is 0.265 e. The Kier molecular flexibility index (Phi) is 7.29. The number of carbonyl (C=O) groups excluding carboxylic acids is 1. The molecule has 1 unspecified atom stereocenters. The summed E-state index contributed by atoms with van der Waals surface area (Å²) in [6, 6.07) is 12.3. The van der Waals surface area contributed by atoms with Crippen molar-refractivity contribution in [1.82, 2.24) is 0 Å². The fourth-order valence-electron chi connectivity index (χ4n) is 3.55. The van der Waals surface area contributed by atoms with Crippen LogP contribution in [0.4, 0.5) is 5.69 Å². The van der Waals surface area contributed by atoms with Crippen LogP contribution >= 0.6 is 0 Å². The highest BCUT2D eigenvalue weighted by Crippen LogP contribution is 2.32. The van der Waals surface area contributed by atoms with E-state index in [1.165, 1.54) is 11.1 Å². The zero-order chi connectivity index (χ0) is 21.0. The van der Waals surface area contributed by atoms with Crippen LogP contribution in [0, 0.1) is 6.92 Å². The third-order valence-electron chi connectivity index (χ3n) is 5.17. The van der Waals surface area contributed by atoms with Gasteiger partial charge in [0.15, 0.2) is 6.10 Å². The molecule has 0 aromatic heterocycles. The van der Waals surface area contributed by atoms with Gasteiger partial charge in [-0.1, -0.05) is 65.8 Å². The highest BCUT2D eigenvalue weighted by Gasteiger charge is 2.20. The summed E-state index contributed by atoms with van der Waals surface area (Å²) in [6.07, 6.45) is -0.579. The average molecular weight is 382 g/mol. The molecule has 1 atom stereocenters. The van der Waals surface area contributed by atoms with Crippen LogP contribution < -0.4 is 10.1 Å². The number of carbonyl (C=O) groups is 1. The SMILES string of the molecule is Cc1cc(OC(C)C(=O)Nc2c(C(C)C)cccc2C(C)C)ccc1C(C)C. The Morgan fingerprint density at radius 1 is 0.821 bits per heavy atom. The number of nitrogens with one attached hydrogen (secondary N) is 1. The molecular formula is C25H35NO2. The summed E-state index contributed by atoms with van der Waals surface area (Å²) in [6.45, 7) is 16.8. The largest absolute Gasteiger partial charge is 0.481 e. The van der Waals surface area contributed by atoms with Crippen LogP contribution in [0.2, 0.25) is 0 Å². The van der Waals surface area contributed by atoms with Gasteiger partial charge in [0.1, 0.15) is 5.75 Å². The lowest BCUT2D eigenvalue weighted by molar-refractivity contribution is -0.122. The van der Waals surface area contributed by atoms with Crippen molar-refractivity contribution in [3.63, 3.8) is 0 Å². The quantitative estimate of drug-likeness (QED) is 0.574. The molecule has 0 aliphatic rings. The molecule has 2 aromatic carbocycles. The van der Waals surface area contributed by atoms with E-state index in [2.05, 4.69) is 78.0 Å². The van der Waals surface area contributed by atoms with Crippen LogP contribution in [0.25, 0.3) is 0 Å². The van der Waals surface area contributed by atoms with Crippen LogP contribution in [0.15, 0.2) is 36.4 Å². The van der Waals surface area contributed by atoms with Crippen molar-refractivity contribution in [2.45, 2.75) is 79.2 Å². The minimum absolute atomic E-state index is 0.124. The van der Waals surface area contributed by atoms with Gasteiger partial charge in [-0.05, 0) is 66.0 Å². The van der Waals surface area contributed by atoms with Crippen molar-refractivity contribution in [3.05, 3.63) is 58.7 Å². The molecule has 0 radical (unpaired) electrons. The van der Waals surface area contributed by atoms with Gasteiger partial charge in [-0.15, -0.1) is 0 Å². The maximum Gasteiger partial charge on any atom is 0.265 e. The number of hydrogen-bond acceptors (Lipinski definition) is 2. The molecule has 0 aliphatic carbocycles. The van der Waals surface area contributed by atoms with Gasteiger partial charge in [0.05, 0.1) is 0 Å². The van der Waals surface area contributed by atoms with Gasteiger partial charge in [-0.2, -0.15) is 0 Å². The molecule has 0 aliphatic heterocycles. The summed E-state index contributed by atoms with van der Waals surface area (Å²) in [7, 11) is 0. The van der Waals surface area contributed by atoms with Crippen molar-refractivity contribution >= 4 is 11.6 Å². The lowest BCUT2D eigenvalue weighted by Crippen LogP contribution is -2.31. The number of amides is 1. The Morgan fingerprint density at radius 2 is 1.36 bits per heavy atom. The summed E-state index contributed by atoms with van der Waals surface area (Å²) in [5.41, 5.74) is 5.73. The molecule has 0 saturated carbocycles. The van der Waals surface area contributed by atoms with Crippen LogP contribution in [0.1, 0.15) is 88.5 Å². The van der Waals surface area contributed by atoms with E-state index in [4.69, 9.17) is 4.74 Å². The minimum atomic E-state index is -0.579. The molecule has 152 valence electrons. The Bertz CT molecular complexity index is 795. The van der Waals surface area contributed by atoms with E-state index < -0.39 is 6.10 Å². The lowest BCUT2D eigenvalue weighted by Gasteiger charge is -2.22. The second kappa shape index (κ2) is 9.27. The van der Waals surface area contributed by atoms with Gasteiger partial charge >= 0.3 is 0 Å². The summed E-state index contributed by atoms with van der Waals surface area (Å²) in [4.78, 5) is 12.9. The fourth-order valence-corrected chi connectivity index (χ4v) is 3.55. The van der Waals surface area contributed by atoms with Crippen molar-refractivity contribution < 1.29 is 9.53 Å². The Hall–Kier alpha value is -2.29. The number of para-hydroxylation sites is 1. The summed E-state index contributed by atoms with van der Waals surface area (Å²) >= 11 is 0. The third kappa shape index (κ3) is 5.15. The van der Waals surface area contributed by atoms with Gasteiger partial charge in [-0.3, -0.25) is 4.79 Å². The van der Waals surface area contributed by atoms with Crippen LogP contribution in [-0.2, 0) is 4.79 Å². The molecule has 2 aromatic rings. The van der Waals surface area contributed by atoms with Gasteiger partial charge in [0, 0.05) is 5.69 Å². The Morgan fingerprint density at radius 3 is 1.82 bits per heavy atom. The highest BCUT2D eigenvalue weighted by atomic mass is 16.5. The van der Waals surface area contributed by atoms with Crippen LogP contribution in [0.5, 0.6) is 5.75 Å². The van der Waals surface area contributed by atoms with E-state index >= 15 is 0 Å². The second-order valence-corrected chi connectivity index (χ2v) is 8.54. The first-order chi connectivity index (χ1) is 13.1. The monoisotopic (exact) mass is 381 g/mol. The van der Waals surface area contributed by atoms with Crippen LogP contribution in [0.3, 0.4) is 0 Å². The number of ether oxygens (including phenoxy) is 1. The number of anilines is 1. The van der Waals surface area contributed by atoms with Crippen molar-refractivity contribution in [2.24, 2.45) is 0 Å². The van der Waals surface area contributed by atoms with Crippen molar-refractivity contribution in [1.29, 1.82) is 0 Å². The summed E-state index contributed by atoms with van der Waals surface area (Å²) < 4.78 is 5.95. The maximum absolute atomic E-state index is 12.9. The summed E-state index contributed by atoms with van der Waals surface area (Å²) in [5, 5.41) is 3.14. The van der Waals surface area contributed by atoms with E-state index in [9.17, 15) is 4.79 Å². The van der Waals surface area contributed by atoms with Gasteiger partial charge in [-0.25, -0.2) is 0 Å². The highest BCUT2D eigenvalue weighted by molar-refractivity contribution is 5.95. The van der Waals surface area contributed by atoms with Crippen LogP contribution in [-0.4, -0.2) is 12.0 Å². The molecule has 0 bridgehead atoms. The molecule has 28 heavy (non-hydrogen) atoms. The predicted octanol–water partition coefficient (Wildman–Crippen LogP) is 6.77. The third-order valence-corrected chi connectivity index (χ3v) is 5.17. The standard InChI is InChI=1S/C25H35NO2/c1-15(2)21-13-12-20(14-18(21)7)28-19(8)25(27)26-24-22(16(3)4)10-9-11-23(24)17(5)6/h9-17,19H,1-8H3,(H,26,27). The zero-order valence-corrected chi connectivity index (χ0v) is 18.6. The minimum Gasteiger partial charge on any atom is -0.481 e. The van der Waals surface area contributed by atoms with E-state index in [0.29, 0.717) is 17.8 Å². The first kappa shape index (κ1) is 22.0. The summed E-state index contributed by atoms with van der Waals surface area (Å²) in [5.74, 6) is 1.73. The molecule has 2 rings (SSSR count). The van der Waals surface area contributed by atoms with E-state index in [1.807, 2.05) is 12.1 Å².